The Balaban J connectivity index is 1.82. The van der Waals surface area contributed by atoms with Crippen LogP contribution in [-0.4, -0.2) is 21.4 Å². The smallest absolute Gasteiger partial charge is 0.132 e. The maximum Gasteiger partial charge on any atom is 0.132 e. The second kappa shape index (κ2) is 2.05. The summed E-state index contributed by atoms with van der Waals surface area (Å²) in [5, 5.41) is 21.6. The molecule has 5 aliphatic rings. The number of fused-ring (bicyclic) bond motifs is 2. The molecule has 2 heteroatoms. The van der Waals surface area contributed by atoms with E-state index in [0.29, 0.717) is 23.7 Å². The average Bonchev–Trinajstić information content (AvgIpc) is 2.79. The van der Waals surface area contributed by atoms with Crippen molar-refractivity contribution >= 4 is 0 Å². The molecule has 2 N–H and O–H groups in total. The van der Waals surface area contributed by atoms with E-state index < -0.39 is 11.2 Å². The van der Waals surface area contributed by atoms with Crippen molar-refractivity contribution in [2.75, 3.05) is 0 Å². The van der Waals surface area contributed by atoms with E-state index in [2.05, 4.69) is 11.8 Å². The summed E-state index contributed by atoms with van der Waals surface area (Å²) in [5.74, 6) is 7.72. The summed E-state index contributed by atoms with van der Waals surface area (Å²) in [7, 11) is 0. The Morgan fingerprint density at radius 3 is 1.59 bits per heavy atom. The van der Waals surface area contributed by atoms with Gasteiger partial charge in [0.2, 0.25) is 0 Å². The van der Waals surface area contributed by atoms with Gasteiger partial charge in [0.1, 0.15) is 11.2 Å². The lowest BCUT2D eigenvalue weighted by Gasteiger charge is -2.54. The molecule has 0 spiro atoms. The van der Waals surface area contributed by atoms with Gasteiger partial charge in [0.15, 0.2) is 0 Å². The van der Waals surface area contributed by atoms with Crippen molar-refractivity contribution in [1.82, 2.24) is 0 Å². The Bertz CT molecular complexity index is 488. The molecule has 5 rings (SSSR count). The standard InChI is InChI=1S/C15H14O2/c1-3-14(16)10-6-5-7-9-8(6)12(14)13(9)15(17,4-2)11(7)10/h1-2,6-13,16-17H,5H2/t6-,7+,8-,9+,10+,11-,12-,13+,14-,15+. The lowest BCUT2D eigenvalue weighted by molar-refractivity contribution is -0.169. The topological polar surface area (TPSA) is 40.5 Å². The van der Waals surface area contributed by atoms with E-state index in [4.69, 9.17) is 12.8 Å². The quantitative estimate of drug-likeness (QED) is 0.575. The number of aliphatic hydroxyl groups is 2. The lowest BCUT2D eigenvalue weighted by Crippen LogP contribution is -2.63. The van der Waals surface area contributed by atoms with Crippen LogP contribution in [0.4, 0.5) is 0 Å². The first-order valence-corrected chi connectivity index (χ1v) is 6.50. The van der Waals surface area contributed by atoms with Crippen molar-refractivity contribution in [2.45, 2.75) is 17.6 Å². The fourth-order valence-electron chi connectivity index (χ4n) is 7.01. The second-order valence-corrected chi connectivity index (χ2v) is 6.76. The summed E-state index contributed by atoms with van der Waals surface area (Å²) >= 11 is 0. The zero-order valence-corrected chi connectivity index (χ0v) is 9.38. The SMILES string of the molecule is C#C[C@]1(O)[C@@H]2[C@@H]3[C@H]4C[C@H]5[C@@H]3[C@@H]2[C@](O)(C#C)[C@H]5[C@H]41. The molecule has 0 aromatic heterocycles. The summed E-state index contributed by atoms with van der Waals surface area (Å²) in [6, 6.07) is 0. The van der Waals surface area contributed by atoms with Crippen LogP contribution in [0.25, 0.3) is 0 Å². The van der Waals surface area contributed by atoms with Crippen LogP contribution in [0.2, 0.25) is 0 Å². The molecule has 2 nitrogen and oxygen atoms in total. The summed E-state index contributed by atoms with van der Waals surface area (Å²) < 4.78 is 0. The van der Waals surface area contributed by atoms with E-state index in [1.54, 1.807) is 0 Å². The number of hydrogen-bond acceptors (Lipinski definition) is 2. The first kappa shape index (κ1) is 9.03. The second-order valence-electron chi connectivity index (χ2n) is 6.76. The van der Waals surface area contributed by atoms with Gasteiger partial charge in [0.25, 0.3) is 0 Å². The normalized spacial score (nSPS) is 75.8. The van der Waals surface area contributed by atoms with Gasteiger partial charge in [0.05, 0.1) is 0 Å². The van der Waals surface area contributed by atoms with Gasteiger partial charge in [0, 0.05) is 23.7 Å². The van der Waals surface area contributed by atoms with Crippen LogP contribution < -0.4 is 0 Å². The minimum absolute atomic E-state index is 0.0588. The third kappa shape index (κ3) is 0.537. The number of hydrogen-bond donors (Lipinski definition) is 2. The molecular formula is C15H14O2. The largest absolute Gasteiger partial charge is 0.377 e. The molecule has 0 heterocycles. The van der Waals surface area contributed by atoms with Crippen molar-refractivity contribution < 1.29 is 10.2 Å². The monoisotopic (exact) mass is 226 g/mol. The number of rotatable bonds is 0. The summed E-state index contributed by atoms with van der Waals surface area (Å²) in [5.41, 5.74) is -1.95. The summed E-state index contributed by atoms with van der Waals surface area (Å²) in [6.07, 6.45) is 12.3. The van der Waals surface area contributed by atoms with Crippen molar-refractivity contribution in [3.63, 3.8) is 0 Å². The molecule has 0 aliphatic heterocycles. The van der Waals surface area contributed by atoms with Gasteiger partial charge in [-0.1, -0.05) is 11.8 Å². The Morgan fingerprint density at radius 2 is 1.24 bits per heavy atom. The molecule has 5 fully saturated rings. The zero-order valence-electron chi connectivity index (χ0n) is 9.38. The Kier molecular flexibility index (Phi) is 1.09. The van der Waals surface area contributed by atoms with Crippen LogP contribution in [0.3, 0.4) is 0 Å². The van der Waals surface area contributed by atoms with Gasteiger partial charge >= 0.3 is 0 Å². The van der Waals surface area contributed by atoms with Crippen LogP contribution in [0, 0.1) is 72.0 Å². The highest BCUT2D eigenvalue weighted by Crippen LogP contribution is 2.87. The highest BCUT2D eigenvalue weighted by molar-refractivity contribution is 5.45. The van der Waals surface area contributed by atoms with Crippen LogP contribution in [-0.2, 0) is 0 Å². The van der Waals surface area contributed by atoms with Gasteiger partial charge in [-0.15, -0.1) is 12.8 Å². The van der Waals surface area contributed by atoms with Gasteiger partial charge in [-0.05, 0) is 30.1 Å². The lowest BCUT2D eigenvalue weighted by atomic mass is 9.52. The van der Waals surface area contributed by atoms with Gasteiger partial charge in [-0.2, -0.15) is 0 Å². The van der Waals surface area contributed by atoms with E-state index in [1.165, 1.54) is 0 Å². The van der Waals surface area contributed by atoms with Crippen LogP contribution in [0.1, 0.15) is 6.42 Å². The number of terminal acetylenes is 2. The minimum atomic E-state index is -0.977. The predicted octanol–water partition coefficient (Wildman–Crippen LogP) is 0.103. The van der Waals surface area contributed by atoms with Crippen LogP contribution >= 0.6 is 0 Å². The van der Waals surface area contributed by atoms with Gasteiger partial charge in [-0.3, -0.25) is 0 Å². The van der Waals surface area contributed by atoms with Gasteiger partial charge < -0.3 is 10.2 Å². The molecule has 0 unspecified atom stereocenters. The minimum Gasteiger partial charge on any atom is -0.377 e. The molecule has 0 amide bonds. The first-order chi connectivity index (χ1) is 8.09. The van der Waals surface area contributed by atoms with Gasteiger partial charge in [-0.25, -0.2) is 0 Å². The van der Waals surface area contributed by atoms with E-state index >= 15 is 0 Å². The average molecular weight is 226 g/mol. The fraction of sp³-hybridized carbons (Fsp3) is 0.733. The Hall–Kier alpha value is -0.960. The molecule has 2 bridgehead atoms. The molecule has 0 aromatic rings. The first-order valence-electron chi connectivity index (χ1n) is 6.50. The maximum absolute atomic E-state index is 10.8. The maximum atomic E-state index is 10.8. The summed E-state index contributed by atoms with van der Waals surface area (Å²) in [4.78, 5) is 0. The Morgan fingerprint density at radius 1 is 0.824 bits per heavy atom. The summed E-state index contributed by atoms with van der Waals surface area (Å²) in [6.45, 7) is 0. The molecule has 0 radical (unpaired) electrons. The molecule has 0 saturated heterocycles. The van der Waals surface area contributed by atoms with Crippen molar-refractivity contribution in [3.8, 4) is 24.7 Å². The molecule has 86 valence electrons. The van der Waals surface area contributed by atoms with Crippen LogP contribution in [0.5, 0.6) is 0 Å². The molecule has 5 saturated carbocycles. The van der Waals surface area contributed by atoms with E-state index in [1.807, 2.05) is 0 Å². The van der Waals surface area contributed by atoms with Crippen molar-refractivity contribution in [2.24, 2.45) is 47.3 Å². The highest BCUT2D eigenvalue weighted by atomic mass is 16.3. The predicted molar refractivity (Wildman–Crippen MR) is 60.1 cm³/mol. The van der Waals surface area contributed by atoms with Crippen molar-refractivity contribution in [3.05, 3.63) is 0 Å². The zero-order chi connectivity index (χ0) is 11.7. The molecule has 10 atom stereocenters. The van der Waals surface area contributed by atoms with E-state index in [-0.39, 0.29) is 23.7 Å². The molecule has 5 aliphatic carbocycles. The molecule has 17 heavy (non-hydrogen) atoms. The molecule has 0 aromatic carbocycles. The van der Waals surface area contributed by atoms with Crippen molar-refractivity contribution in [1.29, 1.82) is 0 Å². The van der Waals surface area contributed by atoms with Crippen LogP contribution in [0.15, 0.2) is 0 Å². The van der Waals surface area contributed by atoms with E-state index in [9.17, 15) is 10.2 Å². The highest BCUT2D eigenvalue weighted by Gasteiger charge is 2.90. The fourth-order valence-corrected chi connectivity index (χ4v) is 7.01. The molecular weight excluding hydrogens is 212 g/mol. The Labute approximate surface area is 100 Å². The van der Waals surface area contributed by atoms with E-state index in [0.717, 1.165) is 6.42 Å². The third-order valence-electron chi connectivity index (χ3n) is 7.00. The third-order valence-corrected chi connectivity index (χ3v) is 7.00.